The van der Waals surface area contributed by atoms with Crippen molar-refractivity contribution >= 4 is 12.2 Å². The summed E-state index contributed by atoms with van der Waals surface area (Å²) in [6.45, 7) is 0.384. The van der Waals surface area contributed by atoms with Crippen LogP contribution >= 0.6 is 0 Å². The number of hydrogen-bond acceptors (Lipinski definition) is 2. The third kappa shape index (κ3) is 1.40. The van der Waals surface area contributed by atoms with Crippen molar-refractivity contribution in [2.24, 2.45) is 0 Å². The molecule has 0 saturated carbocycles. The molecule has 1 aliphatic heterocycles. The van der Waals surface area contributed by atoms with Crippen LogP contribution in [0.15, 0.2) is 30.5 Å². The van der Waals surface area contributed by atoms with Gasteiger partial charge in [-0.1, -0.05) is 24.3 Å². The summed E-state index contributed by atoms with van der Waals surface area (Å²) in [6, 6.07) is 7.69. The average molecular weight is 174 g/mol. The molecular formula is C10H8NO2-. The summed E-state index contributed by atoms with van der Waals surface area (Å²) < 4.78 is 0. The molecule has 13 heavy (non-hydrogen) atoms. The molecule has 2 rings (SSSR count). The zero-order valence-electron chi connectivity index (χ0n) is 6.93. The summed E-state index contributed by atoms with van der Waals surface area (Å²) in [6.07, 6.45) is 2.14. The highest BCUT2D eigenvalue weighted by atomic mass is 16.4. The van der Waals surface area contributed by atoms with Gasteiger partial charge in [0.25, 0.3) is 0 Å². The standard InChI is InChI=1S/C10H9NO2/c12-10(13)11-6-5-8-3-1-2-4-9(8)7-11/h1-6H,7H2,(H,12,13)/p-1. The van der Waals surface area contributed by atoms with E-state index >= 15 is 0 Å². The number of hydrogen-bond donors (Lipinski definition) is 0. The van der Waals surface area contributed by atoms with Gasteiger partial charge in [-0.3, -0.25) is 0 Å². The summed E-state index contributed by atoms with van der Waals surface area (Å²) in [5.41, 5.74) is 2.08. The van der Waals surface area contributed by atoms with Gasteiger partial charge in [0.15, 0.2) is 0 Å². The molecule has 0 aliphatic carbocycles. The average Bonchev–Trinajstić information content (AvgIpc) is 2.17. The second kappa shape index (κ2) is 2.94. The van der Waals surface area contributed by atoms with Gasteiger partial charge < -0.3 is 14.8 Å². The maximum Gasteiger partial charge on any atom is 0.141 e. The lowest BCUT2D eigenvalue weighted by molar-refractivity contribution is -0.263. The van der Waals surface area contributed by atoms with E-state index in [9.17, 15) is 9.90 Å². The molecule has 0 aromatic heterocycles. The van der Waals surface area contributed by atoms with Crippen LogP contribution in [0.4, 0.5) is 4.79 Å². The molecule has 1 aliphatic rings. The van der Waals surface area contributed by atoms with Crippen LogP contribution in [0.25, 0.3) is 6.08 Å². The smallest absolute Gasteiger partial charge is 0.141 e. The Hall–Kier alpha value is -1.77. The van der Waals surface area contributed by atoms with Gasteiger partial charge in [-0.2, -0.15) is 0 Å². The van der Waals surface area contributed by atoms with E-state index in [4.69, 9.17) is 0 Å². The number of carbonyl (C=O) groups excluding carboxylic acids is 1. The predicted molar refractivity (Wildman–Crippen MR) is 46.4 cm³/mol. The molecule has 3 heteroatoms. The largest absolute Gasteiger partial charge is 0.530 e. The Kier molecular flexibility index (Phi) is 1.77. The zero-order valence-corrected chi connectivity index (χ0v) is 6.93. The topological polar surface area (TPSA) is 43.4 Å². The van der Waals surface area contributed by atoms with E-state index in [1.165, 1.54) is 6.20 Å². The molecule has 0 spiro atoms. The van der Waals surface area contributed by atoms with Crippen LogP contribution in [0.2, 0.25) is 0 Å². The van der Waals surface area contributed by atoms with E-state index < -0.39 is 6.09 Å². The van der Waals surface area contributed by atoms with E-state index in [-0.39, 0.29) is 0 Å². The fraction of sp³-hybridized carbons (Fsp3) is 0.100. The molecule has 3 nitrogen and oxygen atoms in total. The van der Waals surface area contributed by atoms with Crippen LogP contribution in [-0.4, -0.2) is 11.0 Å². The fourth-order valence-corrected chi connectivity index (χ4v) is 1.37. The van der Waals surface area contributed by atoms with Gasteiger partial charge in [-0.25, -0.2) is 0 Å². The van der Waals surface area contributed by atoms with Crippen molar-refractivity contribution in [2.75, 3.05) is 0 Å². The van der Waals surface area contributed by atoms with Crippen LogP contribution in [0.3, 0.4) is 0 Å². The van der Waals surface area contributed by atoms with Gasteiger partial charge in [0.2, 0.25) is 0 Å². The monoisotopic (exact) mass is 174 g/mol. The van der Waals surface area contributed by atoms with Crippen molar-refractivity contribution in [3.8, 4) is 0 Å². The van der Waals surface area contributed by atoms with E-state index in [2.05, 4.69) is 0 Å². The number of benzene rings is 1. The highest BCUT2D eigenvalue weighted by molar-refractivity contribution is 5.68. The second-order valence-corrected chi connectivity index (χ2v) is 2.91. The summed E-state index contributed by atoms with van der Waals surface area (Å²) in [5.74, 6) is 0. The lowest BCUT2D eigenvalue weighted by Crippen LogP contribution is -2.38. The molecular weight excluding hydrogens is 166 g/mol. The Morgan fingerprint density at radius 1 is 1.38 bits per heavy atom. The highest BCUT2D eigenvalue weighted by Crippen LogP contribution is 2.18. The van der Waals surface area contributed by atoms with Crippen LogP contribution in [0, 0.1) is 0 Å². The van der Waals surface area contributed by atoms with Gasteiger partial charge in [-0.05, 0) is 17.2 Å². The summed E-state index contributed by atoms with van der Waals surface area (Å²) in [7, 11) is 0. The summed E-state index contributed by atoms with van der Waals surface area (Å²) >= 11 is 0. The van der Waals surface area contributed by atoms with E-state index in [1.54, 1.807) is 6.08 Å². The van der Waals surface area contributed by atoms with Crippen LogP contribution in [0.5, 0.6) is 0 Å². The molecule has 0 saturated heterocycles. The first kappa shape index (κ1) is 7.86. The van der Waals surface area contributed by atoms with Crippen molar-refractivity contribution in [3.63, 3.8) is 0 Å². The molecule has 1 aromatic carbocycles. The first-order valence-corrected chi connectivity index (χ1v) is 4.01. The zero-order chi connectivity index (χ0) is 9.26. The van der Waals surface area contributed by atoms with Crippen molar-refractivity contribution in [3.05, 3.63) is 41.6 Å². The molecule has 0 radical (unpaired) electrons. The summed E-state index contributed by atoms with van der Waals surface area (Å²) in [4.78, 5) is 11.7. The van der Waals surface area contributed by atoms with Crippen LogP contribution in [0.1, 0.15) is 11.1 Å². The van der Waals surface area contributed by atoms with Gasteiger partial charge in [0, 0.05) is 12.7 Å². The fourth-order valence-electron chi connectivity index (χ4n) is 1.37. The van der Waals surface area contributed by atoms with E-state index in [1.807, 2.05) is 24.3 Å². The number of rotatable bonds is 0. The van der Waals surface area contributed by atoms with Gasteiger partial charge in [0.1, 0.15) is 6.09 Å². The second-order valence-electron chi connectivity index (χ2n) is 2.91. The molecule has 1 aromatic rings. The Bertz CT molecular complexity index is 371. The van der Waals surface area contributed by atoms with Crippen molar-refractivity contribution in [1.29, 1.82) is 0 Å². The minimum Gasteiger partial charge on any atom is -0.530 e. The third-order valence-electron chi connectivity index (χ3n) is 2.06. The van der Waals surface area contributed by atoms with Gasteiger partial charge in [0.05, 0.1) is 0 Å². The Morgan fingerprint density at radius 2 is 2.15 bits per heavy atom. The number of carbonyl (C=O) groups is 1. The Balaban J connectivity index is 2.34. The first-order chi connectivity index (χ1) is 6.27. The predicted octanol–water partition coefficient (Wildman–Crippen LogP) is 0.816. The molecule has 1 amide bonds. The van der Waals surface area contributed by atoms with Crippen molar-refractivity contribution in [1.82, 2.24) is 4.90 Å². The Morgan fingerprint density at radius 3 is 2.92 bits per heavy atom. The maximum atomic E-state index is 10.5. The number of nitrogens with zero attached hydrogens (tertiary/aromatic N) is 1. The van der Waals surface area contributed by atoms with Gasteiger partial charge >= 0.3 is 0 Å². The van der Waals surface area contributed by atoms with E-state index in [0.29, 0.717) is 6.54 Å². The van der Waals surface area contributed by atoms with Crippen LogP contribution in [-0.2, 0) is 6.54 Å². The minimum absolute atomic E-state index is 0.384. The lowest BCUT2D eigenvalue weighted by Gasteiger charge is -2.25. The summed E-state index contributed by atoms with van der Waals surface area (Å²) in [5, 5.41) is 10.5. The first-order valence-electron chi connectivity index (χ1n) is 4.01. The SMILES string of the molecule is O=C([O-])N1C=Cc2ccccc2C1. The maximum absolute atomic E-state index is 10.5. The third-order valence-corrected chi connectivity index (χ3v) is 2.06. The Labute approximate surface area is 75.9 Å². The van der Waals surface area contributed by atoms with E-state index in [0.717, 1.165) is 16.0 Å². The molecule has 0 N–H and O–H groups in total. The number of carboxylic acid groups (broad SMARTS) is 1. The quantitative estimate of drug-likeness (QED) is 0.584. The molecule has 0 fully saturated rings. The number of fused-ring (bicyclic) bond motifs is 1. The highest BCUT2D eigenvalue weighted by Gasteiger charge is 2.09. The number of amides is 1. The van der Waals surface area contributed by atoms with Crippen molar-refractivity contribution < 1.29 is 9.90 Å². The van der Waals surface area contributed by atoms with Gasteiger partial charge in [-0.15, -0.1) is 0 Å². The minimum atomic E-state index is -1.16. The normalized spacial score (nSPS) is 14.0. The van der Waals surface area contributed by atoms with Crippen LogP contribution < -0.4 is 5.11 Å². The lowest BCUT2D eigenvalue weighted by atomic mass is 10.1. The molecule has 66 valence electrons. The molecule has 0 bridgehead atoms. The van der Waals surface area contributed by atoms with Crippen molar-refractivity contribution in [2.45, 2.75) is 6.54 Å². The molecule has 0 atom stereocenters. The molecule has 0 unspecified atom stereocenters. The molecule has 1 heterocycles.